The molecule has 1 saturated carbocycles. The van der Waals surface area contributed by atoms with Gasteiger partial charge in [0.25, 0.3) is 11.4 Å². The van der Waals surface area contributed by atoms with Crippen LogP contribution in [0, 0.1) is 0 Å². The number of fused-ring (bicyclic) bond motifs is 3. The lowest BCUT2D eigenvalue weighted by molar-refractivity contribution is 0.108. The molecular weight excluding hydrogens is 350 g/mol. The molecule has 5 rings (SSSR count). The summed E-state index contributed by atoms with van der Waals surface area (Å²) in [6, 6.07) is 7.01. The second-order valence-corrected chi connectivity index (χ2v) is 6.96. The van der Waals surface area contributed by atoms with Gasteiger partial charge in [-0.15, -0.1) is 0 Å². The molecule has 1 aliphatic carbocycles. The second-order valence-electron chi connectivity index (χ2n) is 6.96. The van der Waals surface area contributed by atoms with Crippen LogP contribution in [0.1, 0.15) is 31.7 Å². The molecule has 138 valence electrons. The van der Waals surface area contributed by atoms with Crippen LogP contribution in [0.2, 0.25) is 0 Å². The number of rotatable bonds is 4. The van der Waals surface area contributed by atoms with Crippen LogP contribution >= 0.6 is 0 Å². The molecule has 3 aromatic heterocycles. The molecule has 1 unspecified atom stereocenters. The predicted molar refractivity (Wildman–Crippen MR) is 95.2 cm³/mol. The largest absolute Gasteiger partial charge is 0.394 e. The number of aromatic nitrogens is 5. The molecule has 9 nitrogen and oxygen atoms in total. The van der Waals surface area contributed by atoms with Gasteiger partial charge in [-0.25, -0.2) is 4.98 Å². The van der Waals surface area contributed by atoms with E-state index in [1.54, 1.807) is 22.2 Å². The van der Waals surface area contributed by atoms with Gasteiger partial charge in [-0.1, -0.05) is 17.3 Å². The molecule has 4 aromatic rings. The van der Waals surface area contributed by atoms with E-state index >= 15 is 0 Å². The molecule has 0 bridgehead atoms. The molecule has 0 saturated heterocycles. The van der Waals surface area contributed by atoms with Crippen LogP contribution in [0.15, 0.2) is 39.9 Å². The summed E-state index contributed by atoms with van der Waals surface area (Å²) < 4.78 is 8.42. The van der Waals surface area contributed by atoms with Crippen molar-refractivity contribution in [3.63, 3.8) is 0 Å². The van der Waals surface area contributed by atoms with E-state index in [-0.39, 0.29) is 29.6 Å². The summed E-state index contributed by atoms with van der Waals surface area (Å²) in [6.45, 7) is 1.60. The summed E-state index contributed by atoms with van der Waals surface area (Å²) in [7, 11) is 0. The number of hydrogen-bond acceptors (Lipinski definition) is 7. The van der Waals surface area contributed by atoms with E-state index in [4.69, 9.17) is 4.52 Å². The minimum atomic E-state index is -1.06. The van der Waals surface area contributed by atoms with Gasteiger partial charge in [0, 0.05) is 0 Å². The van der Waals surface area contributed by atoms with Crippen LogP contribution in [-0.2, 0) is 5.60 Å². The summed E-state index contributed by atoms with van der Waals surface area (Å²) in [6.07, 6.45) is 2.69. The van der Waals surface area contributed by atoms with Crippen molar-refractivity contribution in [3.05, 3.63) is 46.8 Å². The molecule has 9 heteroatoms. The maximum absolute atomic E-state index is 13.3. The van der Waals surface area contributed by atoms with Crippen molar-refractivity contribution in [1.82, 2.24) is 24.1 Å². The van der Waals surface area contributed by atoms with Gasteiger partial charge in [-0.2, -0.15) is 4.98 Å². The molecule has 3 heterocycles. The second kappa shape index (κ2) is 5.48. The van der Waals surface area contributed by atoms with Gasteiger partial charge < -0.3 is 14.7 Å². The monoisotopic (exact) mass is 367 g/mol. The molecule has 0 spiro atoms. The van der Waals surface area contributed by atoms with Gasteiger partial charge in [0.05, 0.1) is 23.7 Å². The van der Waals surface area contributed by atoms with Gasteiger partial charge >= 0.3 is 0 Å². The van der Waals surface area contributed by atoms with Gasteiger partial charge in [0.2, 0.25) is 5.82 Å². The molecule has 27 heavy (non-hydrogen) atoms. The number of hydrogen-bond donors (Lipinski definition) is 2. The predicted octanol–water partition coefficient (Wildman–Crippen LogP) is 1.23. The first kappa shape index (κ1) is 16.2. The summed E-state index contributed by atoms with van der Waals surface area (Å²) >= 11 is 0. The fourth-order valence-corrected chi connectivity index (χ4v) is 3.35. The third-order valence-electron chi connectivity index (χ3n) is 5.05. The molecule has 2 N–H and O–H groups in total. The normalized spacial score (nSPS) is 16.9. The van der Waals surface area contributed by atoms with E-state index in [9.17, 15) is 15.0 Å². The molecule has 1 aliphatic rings. The van der Waals surface area contributed by atoms with Crippen molar-refractivity contribution < 1.29 is 14.7 Å². The zero-order valence-corrected chi connectivity index (χ0v) is 14.5. The maximum Gasteiger partial charge on any atom is 0.278 e. The molecule has 0 aliphatic heterocycles. The number of para-hydroxylation sites is 2. The third-order valence-corrected chi connectivity index (χ3v) is 5.05. The molecule has 1 aromatic carbocycles. The first-order chi connectivity index (χ1) is 13.0. The molecule has 1 fully saturated rings. The van der Waals surface area contributed by atoms with Crippen LogP contribution in [0.5, 0.6) is 0 Å². The summed E-state index contributed by atoms with van der Waals surface area (Å²) in [5, 5.41) is 23.7. The summed E-state index contributed by atoms with van der Waals surface area (Å²) in [5.74, 6) is 0.298. The lowest BCUT2D eigenvalue weighted by atomic mass is 10.2. The quantitative estimate of drug-likeness (QED) is 0.557. The number of benzene rings is 1. The van der Waals surface area contributed by atoms with Crippen molar-refractivity contribution in [3.8, 4) is 11.5 Å². The Bertz CT molecular complexity index is 1230. The summed E-state index contributed by atoms with van der Waals surface area (Å²) in [5.41, 5.74) is 0.684. The van der Waals surface area contributed by atoms with E-state index < -0.39 is 11.6 Å². The minimum absolute atomic E-state index is 0.142. The van der Waals surface area contributed by atoms with Crippen LogP contribution in [-0.4, -0.2) is 40.9 Å². The van der Waals surface area contributed by atoms with Crippen LogP contribution < -0.4 is 5.56 Å². The van der Waals surface area contributed by atoms with Crippen molar-refractivity contribution >= 4 is 16.6 Å². The molecule has 1 atom stereocenters. The SMILES string of the molecule is CC(CO)n1c(=O)c2c(-c3noc(C4(O)CC4)n3)ncn2c2ccccc21. The average molecular weight is 367 g/mol. The van der Waals surface area contributed by atoms with Crippen LogP contribution in [0.3, 0.4) is 0 Å². The molecule has 0 radical (unpaired) electrons. The van der Waals surface area contributed by atoms with Crippen molar-refractivity contribution in [2.45, 2.75) is 31.4 Å². The minimum Gasteiger partial charge on any atom is -0.394 e. The van der Waals surface area contributed by atoms with Crippen LogP contribution in [0.4, 0.5) is 0 Å². The fraction of sp³-hybridized carbons (Fsp3) is 0.333. The number of aliphatic hydroxyl groups is 2. The highest BCUT2D eigenvalue weighted by molar-refractivity contribution is 5.83. The Morgan fingerprint density at radius 2 is 2.04 bits per heavy atom. The Morgan fingerprint density at radius 1 is 1.30 bits per heavy atom. The third kappa shape index (κ3) is 2.25. The first-order valence-corrected chi connectivity index (χ1v) is 8.71. The average Bonchev–Trinajstić information content (AvgIpc) is 3.11. The molecule has 0 amide bonds. The Morgan fingerprint density at radius 3 is 2.74 bits per heavy atom. The van der Waals surface area contributed by atoms with Gasteiger partial charge in [0.15, 0.2) is 0 Å². The van der Waals surface area contributed by atoms with Gasteiger partial charge in [-0.05, 0) is 31.9 Å². The highest BCUT2D eigenvalue weighted by Gasteiger charge is 2.48. The zero-order valence-electron chi connectivity index (χ0n) is 14.5. The standard InChI is InChI=1S/C18H17N5O4/c1-10(8-24)23-12-5-3-2-4-11(12)22-9-19-13(14(22)16(23)25)15-20-17(27-21-15)18(26)6-7-18/h2-5,9-10,24,26H,6-8H2,1H3. The lowest BCUT2D eigenvalue weighted by Crippen LogP contribution is -2.27. The Hall–Kier alpha value is -3.04. The van der Waals surface area contributed by atoms with Crippen molar-refractivity contribution in [2.24, 2.45) is 0 Å². The Labute approximate surface area is 152 Å². The Kier molecular flexibility index (Phi) is 3.28. The van der Waals surface area contributed by atoms with E-state index in [0.29, 0.717) is 23.9 Å². The van der Waals surface area contributed by atoms with Gasteiger partial charge in [0.1, 0.15) is 23.1 Å². The van der Waals surface area contributed by atoms with Gasteiger partial charge in [-0.3, -0.25) is 13.8 Å². The van der Waals surface area contributed by atoms with E-state index in [0.717, 1.165) is 5.52 Å². The van der Waals surface area contributed by atoms with E-state index in [1.165, 1.54) is 0 Å². The Balaban J connectivity index is 1.82. The first-order valence-electron chi connectivity index (χ1n) is 8.71. The summed E-state index contributed by atoms with van der Waals surface area (Å²) in [4.78, 5) is 21.9. The number of nitrogens with zero attached hydrogens (tertiary/aromatic N) is 5. The van der Waals surface area contributed by atoms with E-state index in [1.807, 2.05) is 24.3 Å². The highest BCUT2D eigenvalue weighted by atomic mass is 16.5. The maximum atomic E-state index is 13.3. The fourth-order valence-electron chi connectivity index (χ4n) is 3.35. The number of aliphatic hydroxyl groups excluding tert-OH is 1. The smallest absolute Gasteiger partial charge is 0.278 e. The highest BCUT2D eigenvalue weighted by Crippen LogP contribution is 2.44. The van der Waals surface area contributed by atoms with Crippen molar-refractivity contribution in [2.75, 3.05) is 6.61 Å². The van der Waals surface area contributed by atoms with Crippen molar-refractivity contribution in [1.29, 1.82) is 0 Å². The molecular formula is C18H17N5O4. The van der Waals surface area contributed by atoms with Crippen LogP contribution in [0.25, 0.3) is 28.1 Å². The lowest BCUT2D eigenvalue weighted by Gasteiger charge is -2.17. The number of imidazole rings is 1. The van der Waals surface area contributed by atoms with E-state index in [2.05, 4.69) is 15.1 Å². The zero-order chi connectivity index (χ0) is 18.8. The topological polar surface area (TPSA) is 119 Å².